The van der Waals surface area contributed by atoms with Crippen molar-refractivity contribution in [3.63, 3.8) is 0 Å². The first-order valence-corrected chi connectivity index (χ1v) is 3.92. The number of likely N-dealkylation sites (tertiary alicyclic amines) is 1. The number of amidine groups is 1. The highest BCUT2D eigenvalue weighted by molar-refractivity contribution is 5.76. The van der Waals surface area contributed by atoms with Crippen molar-refractivity contribution < 1.29 is 5.11 Å². The first-order valence-electron chi connectivity index (χ1n) is 3.92. The average molecular weight is 157 g/mol. The van der Waals surface area contributed by atoms with Crippen LogP contribution in [0, 0.1) is 5.41 Å². The molecular weight excluding hydrogens is 142 g/mol. The normalized spacial score (nSPS) is 25.7. The molecule has 11 heavy (non-hydrogen) atoms. The lowest BCUT2D eigenvalue weighted by atomic mass is 10.3. The Kier molecular flexibility index (Phi) is 2.84. The molecule has 1 aliphatic heterocycles. The maximum Gasteiger partial charge on any atom is 0.0918 e. The first kappa shape index (κ1) is 8.49. The second-order valence-electron chi connectivity index (χ2n) is 3.02. The molecule has 4 N–H and O–H groups in total. The summed E-state index contributed by atoms with van der Waals surface area (Å²) in [7, 11) is 0. The van der Waals surface area contributed by atoms with Crippen molar-refractivity contribution in [3.05, 3.63) is 0 Å². The molecule has 0 aromatic rings. The van der Waals surface area contributed by atoms with Gasteiger partial charge in [-0.3, -0.25) is 5.41 Å². The van der Waals surface area contributed by atoms with Crippen LogP contribution in [0.3, 0.4) is 0 Å². The molecule has 0 amide bonds. The Bertz CT molecular complexity index is 149. The zero-order chi connectivity index (χ0) is 8.27. The van der Waals surface area contributed by atoms with Crippen LogP contribution in [0.25, 0.3) is 0 Å². The fourth-order valence-electron chi connectivity index (χ4n) is 1.29. The maximum atomic E-state index is 9.14. The summed E-state index contributed by atoms with van der Waals surface area (Å²) in [5.74, 6) is 0.228. The van der Waals surface area contributed by atoms with Gasteiger partial charge in [-0.1, -0.05) is 0 Å². The molecule has 4 heteroatoms. The third-order valence-electron chi connectivity index (χ3n) is 1.94. The summed E-state index contributed by atoms with van der Waals surface area (Å²) < 4.78 is 0. The Labute approximate surface area is 66.5 Å². The van der Waals surface area contributed by atoms with Gasteiger partial charge < -0.3 is 15.7 Å². The summed E-state index contributed by atoms with van der Waals surface area (Å²) in [6.07, 6.45) is 1.31. The predicted molar refractivity (Wildman–Crippen MR) is 43.6 cm³/mol. The van der Waals surface area contributed by atoms with Crippen molar-refractivity contribution in [2.75, 3.05) is 19.6 Å². The highest BCUT2D eigenvalue weighted by atomic mass is 16.3. The second kappa shape index (κ2) is 3.69. The van der Waals surface area contributed by atoms with E-state index in [2.05, 4.69) is 4.90 Å². The molecule has 0 aliphatic carbocycles. The van der Waals surface area contributed by atoms with Crippen LogP contribution in [-0.4, -0.2) is 41.6 Å². The molecule has 1 atom stereocenters. The van der Waals surface area contributed by atoms with Crippen LogP contribution >= 0.6 is 0 Å². The molecular formula is C7H15N3O. The minimum absolute atomic E-state index is 0.165. The highest BCUT2D eigenvalue weighted by Crippen LogP contribution is 2.08. The number of aliphatic hydroxyl groups is 1. The topological polar surface area (TPSA) is 73.3 Å². The van der Waals surface area contributed by atoms with E-state index in [9.17, 15) is 0 Å². The van der Waals surface area contributed by atoms with E-state index in [1.807, 2.05) is 0 Å². The van der Waals surface area contributed by atoms with Gasteiger partial charge >= 0.3 is 0 Å². The lowest BCUT2D eigenvalue weighted by molar-refractivity contribution is 0.177. The van der Waals surface area contributed by atoms with E-state index in [0.717, 1.165) is 26.1 Å². The van der Waals surface area contributed by atoms with Gasteiger partial charge in [0, 0.05) is 26.1 Å². The molecule has 0 aromatic carbocycles. The van der Waals surface area contributed by atoms with Crippen LogP contribution in [0.4, 0.5) is 0 Å². The van der Waals surface area contributed by atoms with Crippen LogP contribution in [0.2, 0.25) is 0 Å². The van der Waals surface area contributed by atoms with Gasteiger partial charge in [0.2, 0.25) is 0 Å². The largest absolute Gasteiger partial charge is 0.392 e. The third kappa shape index (κ3) is 2.86. The molecule has 0 saturated carbocycles. The standard InChI is InChI=1S/C7H15N3O/c8-7(9)2-4-10-3-1-6(11)5-10/h6,11H,1-5H2,(H3,8,9). The van der Waals surface area contributed by atoms with Crippen molar-refractivity contribution in [1.29, 1.82) is 5.41 Å². The molecule has 1 aliphatic rings. The van der Waals surface area contributed by atoms with E-state index in [0.29, 0.717) is 6.42 Å². The molecule has 1 unspecified atom stereocenters. The number of rotatable bonds is 3. The fourth-order valence-corrected chi connectivity index (χ4v) is 1.29. The number of β-amino-alcohol motifs (C(OH)–C–C–N with tert-alkyl or cyclic N) is 1. The van der Waals surface area contributed by atoms with Gasteiger partial charge in [0.1, 0.15) is 0 Å². The quantitative estimate of drug-likeness (QED) is 0.377. The average Bonchev–Trinajstić information content (AvgIpc) is 2.31. The summed E-state index contributed by atoms with van der Waals surface area (Å²) in [4.78, 5) is 2.13. The number of aliphatic hydroxyl groups excluding tert-OH is 1. The summed E-state index contributed by atoms with van der Waals surface area (Å²) in [5, 5.41) is 16.1. The van der Waals surface area contributed by atoms with Crippen LogP contribution in [0.1, 0.15) is 12.8 Å². The highest BCUT2D eigenvalue weighted by Gasteiger charge is 2.19. The summed E-state index contributed by atoms with van der Waals surface area (Å²) in [6, 6.07) is 0. The number of hydrogen-bond acceptors (Lipinski definition) is 3. The van der Waals surface area contributed by atoms with Crippen molar-refractivity contribution in [2.24, 2.45) is 5.73 Å². The minimum atomic E-state index is -0.165. The third-order valence-corrected chi connectivity index (χ3v) is 1.94. The van der Waals surface area contributed by atoms with Gasteiger partial charge in [-0.2, -0.15) is 0 Å². The van der Waals surface area contributed by atoms with Gasteiger partial charge in [0.15, 0.2) is 0 Å². The van der Waals surface area contributed by atoms with Crippen molar-refractivity contribution in [3.8, 4) is 0 Å². The SMILES string of the molecule is N=C(N)CCN1CCC(O)C1. The lowest BCUT2D eigenvalue weighted by Crippen LogP contribution is -2.26. The van der Waals surface area contributed by atoms with Crippen LogP contribution < -0.4 is 5.73 Å². The Hall–Kier alpha value is -0.610. The van der Waals surface area contributed by atoms with E-state index in [1.54, 1.807) is 0 Å². The van der Waals surface area contributed by atoms with Crippen molar-refractivity contribution >= 4 is 5.84 Å². The van der Waals surface area contributed by atoms with E-state index >= 15 is 0 Å². The van der Waals surface area contributed by atoms with Crippen LogP contribution in [-0.2, 0) is 0 Å². The first-order chi connectivity index (χ1) is 5.18. The van der Waals surface area contributed by atoms with Crippen molar-refractivity contribution in [2.45, 2.75) is 18.9 Å². The Morgan fingerprint density at radius 2 is 2.45 bits per heavy atom. The van der Waals surface area contributed by atoms with Crippen LogP contribution in [0.5, 0.6) is 0 Å². The molecule has 1 fully saturated rings. The zero-order valence-corrected chi connectivity index (χ0v) is 6.58. The molecule has 0 spiro atoms. The smallest absolute Gasteiger partial charge is 0.0918 e. The van der Waals surface area contributed by atoms with Crippen molar-refractivity contribution in [1.82, 2.24) is 4.90 Å². The molecule has 1 heterocycles. The Morgan fingerprint density at radius 3 is 2.91 bits per heavy atom. The Morgan fingerprint density at radius 1 is 1.73 bits per heavy atom. The molecule has 64 valence electrons. The lowest BCUT2D eigenvalue weighted by Gasteiger charge is -2.13. The predicted octanol–water partition coefficient (Wildman–Crippen LogP) is -0.621. The zero-order valence-electron chi connectivity index (χ0n) is 6.58. The van der Waals surface area contributed by atoms with Gasteiger partial charge in [-0.25, -0.2) is 0 Å². The number of nitrogens with two attached hydrogens (primary N) is 1. The van der Waals surface area contributed by atoms with E-state index in [-0.39, 0.29) is 11.9 Å². The molecule has 1 rings (SSSR count). The summed E-state index contributed by atoms with van der Waals surface area (Å²) in [5.41, 5.74) is 5.20. The summed E-state index contributed by atoms with van der Waals surface area (Å²) in [6.45, 7) is 2.49. The number of nitrogens with zero attached hydrogens (tertiary/aromatic N) is 1. The van der Waals surface area contributed by atoms with Gasteiger partial charge in [0.05, 0.1) is 11.9 Å². The summed E-state index contributed by atoms with van der Waals surface area (Å²) >= 11 is 0. The molecule has 4 nitrogen and oxygen atoms in total. The van der Waals surface area contributed by atoms with E-state index < -0.39 is 0 Å². The molecule has 0 bridgehead atoms. The van der Waals surface area contributed by atoms with Gasteiger partial charge in [-0.05, 0) is 6.42 Å². The fraction of sp³-hybridized carbons (Fsp3) is 0.857. The minimum Gasteiger partial charge on any atom is -0.392 e. The molecule has 0 aromatic heterocycles. The van der Waals surface area contributed by atoms with E-state index in [1.165, 1.54) is 0 Å². The number of nitrogens with one attached hydrogen (secondary N) is 1. The second-order valence-corrected chi connectivity index (χ2v) is 3.02. The van der Waals surface area contributed by atoms with Gasteiger partial charge in [-0.15, -0.1) is 0 Å². The van der Waals surface area contributed by atoms with Crippen LogP contribution in [0.15, 0.2) is 0 Å². The molecule has 0 radical (unpaired) electrons. The van der Waals surface area contributed by atoms with E-state index in [4.69, 9.17) is 16.2 Å². The number of hydrogen-bond donors (Lipinski definition) is 3. The Balaban J connectivity index is 2.13. The van der Waals surface area contributed by atoms with Gasteiger partial charge in [0.25, 0.3) is 0 Å². The monoisotopic (exact) mass is 157 g/mol. The molecule has 1 saturated heterocycles. The maximum absolute atomic E-state index is 9.14.